The van der Waals surface area contributed by atoms with Gasteiger partial charge in [-0.25, -0.2) is 0 Å². The van der Waals surface area contributed by atoms with Crippen molar-refractivity contribution in [2.45, 2.75) is 13.0 Å². The fourth-order valence-corrected chi connectivity index (χ4v) is 0.864. The topological polar surface area (TPSA) is 59.1 Å². The predicted octanol–water partition coefficient (Wildman–Crippen LogP) is 0.382. The minimum Gasteiger partial charge on any atom is -0.394 e. The lowest BCUT2D eigenvalue weighted by atomic mass is 10.2. The highest BCUT2D eigenvalue weighted by Gasteiger charge is 2.04. The number of aliphatic hydroxyl groups is 1. The van der Waals surface area contributed by atoms with Gasteiger partial charge in [-0.3, -0.25) is 4.98 Å². The van der Waals surface area contributed by atoms with Gasteiger partial charge in [0.15, 0.2) is 0 Å². The number of nitrogens with two attached hydrogens (primary N) is 1. The molecule has 3 heteroatoms. The Hall–Kier alpha value is -0.930. The first kappa shape index (κ1) is 8.17. The summed E-state index contributed by atoms with van der Waals surface area (Å²) < 4.78 is 0. The summed E-state index contributed by atoms with van der Waals surface area (Å²) in [7, 11) is 0. The number of pyridine rings is 1. The maximum absolute atomic E-state index is 8.71. The van der Waals surface area contributed by atoms with E-state index in [0.717, 1.165) is 11.4 Å². The van der Waals surface area contributed by atoms with E-state index in [9.17, 15) is 0 Å². The van der Waals surface area contributed by atoms with Crippen LogP contribution in [0.25, 0.3) is 0 Å². The maximum Gasteiger partial charge on any atom is 0.0705 e. The molecule has 1 aromatic rings. The molecule has 60 valence electrons. The first-order chi connectivity index (χ1) is 5.24. The van der Waals surface area contributed by atoms with Crippen molar-refractivity contribution in [3.8, 4) is 0 Å². The molecule has 0 amide bonds. The molecule has 0 bridgehead atoms. The third-order valence-electron chi connectivity index (χ3n) is 1.49. The van der Waals surface area contributed by atoms with Gasteiger partial charge >= 0.3 is 0 Å². The summed E-state index contributed by atoms with van der Waals surface area (Å²) in [6, 6.07) is 5.24. The average Bonchev–Trinajstić information content (AvgIpc) is 2.03. The lowest BCUT2D eigenvalue weighted by Crippen LogP contribution is -2.16. The molecule has 0 aliphatic rings. The van der Waals surface area contributed by atoms with Gasteiger partial charge in [-0.15, -0.1) is 0 Å². The number of aromatic nitrogens is 1. The highest BCUT2D eigenvalue weighted by atomic mass is 16.3. The molecule has 0 spiro atoms. The molecule has 3 N–H and O–H groups in total. The van der Waals surface area contributed by atoms with Crippen LogP contribution >= 0.6 is 0 Å². The normalized spacial score (nSPS) is 13.0. The van der Waals surface area contributed by atoms with E-state index < -0.39 is 0 Å². The third-order valence-corrected chi connectivity index (χ3v) is 1.49. The standard InChI is InChI=1S/C8H12N2O/c1-6-3-2-4-8(10-6)7(9)5-11/h2-4,7,11H,5,9H2,1H3/t7-/m1/s1. The van der Waals surface area contributed by atoms with Crippen molar-refractivity contribution in [2.24, 2.45) is 5.73 Å². The molecule has 0 radical (unpaired) electrons. The highest BCUT2D eigenvalue weighted by Crippen LogP contribution is 2.05. The summed E-state index contributed by atoms with van der Waals surface area (Å²) in [5, 5.41) is 8.71. The Bertz CT molecular complexity index is 237. The molecule has 0 aliphatic carbocycles. The molecular weight excluding hydrogens is 140 g/mol. The lowest BCUT2D eigenvalue weighted by molar-refractivity contribution is 0.266. The smallest absolute Gasteiger partial charge is 0.0705 e. The fourth-order valence-electron chi connectivity index (χ4n) is 0.864. The van der Waals surface area contributed by atoms with Crippen molar-refractivity contribution >= 4 is 0 Å². The van der Waals surface area contributed by atoms with Crippen LogP contribution in [0.15, 0.2) is 18.2 Å². The Kier molecular flexibility index (Phi) is 2.57. The van der Waals surface area contributed by atoms with Gasteiger partial charge in [0, 0.05) is 5.69 Å². The lowest BCUT2D eigenvalue weighted by Gasteiger charge is -2.06. The first-order valence-corrected chi connectivity index (χ1v) is 3.54. The Morgan fingerprint density at radius 1 is 1.64 bits per heavy atom. The van der Waals surface area contributed by atoms with E-state index in [0.29, 0.717) is 0 Å². The second kappa shape index (κ2) is 3.46. The molecule has 0 saturated heterocycles. The van der Waals surface area contributed by atoms with Crippen molar-refractivity contribution in [1.29, 1.82) is 0 Å². The van der Waals surface area contributed by atoms with Gasteiger partial charge < -0.3 is 10.8 Å². The largest absolute Gasteiger partial charge is 0.394 e. The van der Waals surface area contributed by atoms with Gasteiger partial charge in [0.2, 0.25) is 0 Å². The summed E-state index contributed by atoms with van der Waals surface area (Å²) in [6.45, 7) is 1.84. The number of aliphatic hydroxyl groups excluding tert-OH is 1. The van der Waals surface area contributed by atoms with Crippen LogP contribution in [-0.2, 0) is 0 Å². The first-order valence-electron chi connectivity index (χ1n) is 3.54. The zero-order chi connectivity index (χ0) is 8.27. The van der Waals surface area contributed by atoms with Crippen molar-refractivity contribution in [3.05, 3.63) is 29.6 Å². The summed E-state index contributed by atoms with van der Waals surface area (Å²) in [6.07, 6.45) is 0. The summed E-state index contributed by atoms with van der Waals surface area (Å²) >= 11 is 0. The molecule has 1 heterocycles. The minimum absolute atomic E-state index is 0.0591. The molecule has 1 rings (SSSR count). The molecule has 0 unspecified atom stereocenters. The Morgan fingerprint density at radius 3 is 2.91 bits per heavy atom. The average molecular weight is 152 g/mol. The van der Waals surface area contributed by atoms with Crippen LogP contribution in [0.2, 0.25) is 0 Å². The molecule has 3 nitrogen and oxygen atoms in total. The molecular formula is C8H12N2O. The third kappa shape index (κ3) is 2.00. The van der Waals surface area contributed by atoms with Gasteiger partial charge in [0.25, 0.3) is 0 Å². The van der Waals surface area contributed by atoms with Gasteiger partial charge in [-0.2, -0.15) is 0 Å². The van der Waals surface area contributed by atoms with E-state index >= 15 is 0 Å². The quantitative estimate of drug-likeness (QED) is 0.644. The van der Waals surface area contributed by atoms with E-state index in [1.54, 1.807) is 0 Å². The molecule has 1 atom stereocenters. The minimum atomic E-state index is -0.352. The van der Waals surface area contributed by atoms with Crippen molar-refractivity contribution in [2.75, 3.05) is 6.61 Å². The number of rotatable bonds is 2. The number of nitrogens with zero attached hydrogens (tertiary/aromatic N) is 1. The summed E-state index contributed by atoms with van der Waals surface area (Å²) in [5.41, 5.74) is 7.22. The van der Waals surface area contributed by atoms with E-state index in [1.165, 1.54) is 0 Å². The number of aryl methyl sites for hydroxylation is 1. The van der Waals surface area contributed by atoms with Crippen molar-refractivity contribution < 1.29 is 5.11 Å². The Morgan fingerprint density at radius 2 is 2.36 bits per heavy atom. The molecule has 0 saturated carbocycles. The molecule has 0 aliphatic heterocycles. The predicted molar refractivity (Wildman–Crippen MR) is 43.0 cm³/mol. The zero-order valence-corrected chi connectivity index (χ0v) is 6.49. The van der Waals surface area contributed by atoms with Gasteiger partial charge in [-0.1, -0.05) is 6.07 Å². The van der Waals surface area contributed by atoms with Crippen LogP contribution in [0.5, 0.6) is 0 Å². The van der Waals surface area contributed by atoms with Gasteiger partial charge in [-0.05, 0) is 19.1 Å². The zero-order valence-electron chi connectivity index (χ0n) is 6.49. The maximum atomic E-state index is 8.71. The number of hydrogen-bond donors (Lipinski definition) is 2. The van der Waals surface area contributed by atoms with E-state index in [1.807, 2.05) is 25.1 Å². The van der Waals surface area contributed by atoms with Gasteiger partial charge in [0.1, 0.15) is 0 Å². The van der Waals surface area contributed by atoms with Crippen molar-refractivity contribution in [1.82, 2.24) is 4.98 Å². The number of hydrogen-bond acceptors (Lipinski definition) is 3. The van der Waals surface area contributed by atoms with Crippen LogP contribution in [0.4, 0.5) is 0 Å². The molecule has 0 fully saturated rings. The fraction of sp³-hybridized carbons (Fsp3) is 0.375. The molecule has 0 aromatic carbocycles. The van der Waals surface area contributed by atoms with Crippen LogP contribution in [0, 0.1) is 6.92 Å². The Labute approximate surface area is 65.9 Å². The SMILES string of the molecule is Cc1cccc([C@H](N)CO)n1. The van der Waals surface area contributed by atoms with Crippen LogP contribution in [0.1, 0.15) is 17.4 Å². The second-order valence-electron chi connectivity index (χ2n) is 2.49. The van der Waals surface area contributed by atoms with Crippen molar-refractivity contribution in [3.63, 3.8) is 0 Å². The van der Waals surface area contributed by atoms with Crippen LogP contribution in [-0.4, -0.2) is 16.7 Å². The highest BCUT2D eigenvalue weighted by molar-refractivity contribution is 5.12. The molecule has 11 heavy (non-hydrogen) atoms. The monoisotopic (exact) mass is 152 g/mol. The van der Waals surface area contributed by atoms with Crippen LogP contribution in [0.3, 0.4) is 0 Å². The van der Waals surface area contributed by atoms with Crippen LogP contribution < -0.4 is 5.73 Å². The molecule has 1 aromatic heterocycles. The Balaban J connectivity index is 2.86. The van der Waals surface area contributed by atoms with Gasteiger partial charge in [0.05, 0.1) is 18.3 Å². The summed E-state index contributed by atoms with van der Waals surface area (Å²) in [5.74, 6) is 0. The van der Waals surface area contributed by atoms with E-state index in [2.05, 4.69) is 4.98 Å². The second-order valence-corrected chi connectivity index (χ2v) is 2.49. The summed E-state index contributed by atoms with van der Waals surface area (Å²) in [4.78, 5) is 4.16. The van der Waals surface area contributed by atoms with E-state index in [4.69, 9.17) is 10.8 Å². The van der Waals surface area contributed by atoms with E-state index in [-0.39, 0.29) is 12.6 Å².